The van der Waals surface area contributed by atoms with Crippen LogP contribution in [-0.2, 0) is 19.5 Å². The van der Waals surface area contributed by atoms with Crippen LogP contribution in [0.15, 0.2) is 47.3 Å². The Bertz CT molecular complexity index is 1800. The van der Waals surface area contributed by atoms with Crippen LogP contribution in [0.1, 0.15) is 43.4 Å². The molecule has 1 atom stereocenters. The third-order valence-corrected chi connectivity index (χ3v) is 6.91. The molecule has 0 saturated heterocycles. The standard InChI is InChI=1S/C26H16ClF7N4O3/c27-16-2-1-13(30)8-15(16)21-19-17(35-23(39)11-5-12(26(32,33)34)7-14(31)6-11)9-18-22(20(19)24(40)36-21)38(10-29)25(41)37(18)4-3-28/h1-2,5-9,21H,3-4,10H2,(H,35,39)(H,36,40). The summed E-state index contributed by atoms with van der Waals surface area (Å²) in [5.74, 6) is -4.25. The average Bonchev–Trinajstić information content (AvgIpc) is 3.38. The number of hydrogen-bond acceptors (Lipinski definition) is 3. The van der Waals surface area contributed by atoms with Crippen LogP contribution in [0.3, 0.4) is 0 Å². The molecule has 1 aliphatic rings. The molecule has 0 radical (unpaired) electrons. The van der Waals surface area contributed by atoms with Crippen molar-refractivity contribution < 1.29 is 40.3 Å². The maximum absolute atomic E-state index is 14.2. The Labute approximate surface area is 230 Å². The van der Waals surface area contributed by atoms with Gasteiger partial charge >= 0.3 is 11.9 Å². The number of aryl methyl sites for hydroxylation is 1. The van der Waals surface area contributed by atoms with Crippen LogP contribution in [0.4, 0.5) is 36.4 Å². The fourth-order valence-corrected chi connectivity index (χ4v) is 5.09. The van der Waals surface area contributed by atoms with Crippen molar-refractivity contribution in [2.75, 3.05) is 12.0 Å². The molecular formula is C26H16ClF7N4O3. The van der Waals surface area contributed by atoms with Crippen LogP contribution in [0, 0.1) is 11.6 Å². The van der Waals surface area contributed by atoms with Crippen LogP contribution >= 0.6 is 11.6 Å². The van der Waals surface area contributed by atoms with E-state index < -0.39 is 72.5 Å². The molecule has 2 heterocycles. The van der Waals surface area contributed by atoms with Crippen LogP contribution in [0.5, 0.6) is 0 Å². The molecule has 41 heavy (non-hydrogen) atoms. The number of nitrogens with zero attached hydrogens (tertiary/aromatic N) is 2. The van der Waals surface area contributed by atoms with Gasteiger partial charge in [-0.2, -0.15) is 13.2 Å². The zero-order valence-corrected chi connectivity index (χ0v) is 21.1. The van der Waals surface area contributed by atoms with Gasteiger partial charge in [0.2, 0.25) is 0 Å². The van der Waals surface area contributed by atoms with Gasteiger partial charge < -0.3 is 10.6 Å². The molecule has 1 aromatic heterocycles. The minimum Gasteiger partial charge on any atom is -0.341 e. The van der Waals surface area contributed by atoms with E-state index in [0.717, 1.165) is 22.8 Å². The van der Waals surface area contributed by atoms with E-state index >= 15 is 0 Å². The van der Waals surface area contributed by atoms with Crippen LogP contribution in [0.2, 0.25) is 5.02 Å². The molecular weight excluding hydrogens is 585 g/mol. The number of fused-ring (bicyclic) bond motifs is 3. The summed E-state index contributed by atoms with van der Waals surface area (Å²) in [7, 11) is 0. The van der Waals surface area contributed by atoms with Crippen molar-refractivity contribution >= 4 is 40.1 Å². The quantitative estimate of drug-likeness (QED) is 0.277. The van der Waals surface area contributed by atoms with E-state index in [1.54, 1.807) is 0 Å². The Morgan fingerprint density at radius 3 is 2.39 bits per heavy atom. The Morgan fingerprint density at radius 2 is 1.73 bits per heavy atom. The number of imidazole rings is 1. The molecule has 5 rings (SSSR count). The molecule has 4 aromatic rings. The first-order valence-electron chi connectivity index (χ1n) is 11.7. The van der Waals surface area contributed by atoms with Crippen LogP contribution in [0.25, 0.3) is 11.0 Å². The van der Waals surface area contributed by atoms with E-state index in [-0.39, 0.29) is 44.5 Å². The average molecular weight is 601 g/mol. The molecule has 0 fully saturated rings. The predicted octanol–water partition coefficient (Wildman–Crippen LogP) is 5.74. The first-order chi connectivity index (χ1) is 19.3. The van der Waals surface area contributed by atoms with Gasteiger partial charge in [0.25, 0.3) is 11.8 Å². The van der Waals surface area contributed by atoms with Crippen LogP contribution in [-0.4, -0.2) is 27.6 Å². The van der Waals surface area contributed by atoms with Crippen molar-refractivity contribution in [1.29, 1.82) is 0 Å². The second-order valence-electron chi connectivity index (χ2n) is 9.00. The maximum Gasteiger partial charge on any atom is 0.416 e. The summed E-state index contributed by atoms with van der Waals surface area (Å²) in [5.41, 5.74) is -4.43. The van der Waals surface area contributed by atoms with Crippen molar-refractivity contribution in [3.63, 3.8) is 0 Å². The van der Waals surface area contributed by atoms with E-state index in [0.29, 0.717) is 16.7 Å². The molecule has 0 spiro atoms. The smallest absolute Gasteiger partial charge is 0.341 e. The Balaban J connectivity index is 1.78. The summed E-state index contributed by atoms with van der Waals surface area (Å²) in [4.78, 5) is 39.3. The summed E-state index contributed by atoms with van der Waals surface area (Å²) in [6.45, 7) is -3.05. The van der Waals surface area contributed by atoms with E-state index in [1.807, 2.05) is 0 Å². The van der Waals surface area contributed by atoms with Crippen molar-refractivity contribution in [2.45, 2.75) is 25.6 Å². The molecule has 3 aromatic carbocycles. The zero-order chi connectivity index (χ0) is 29.8. The van der Waals surface area contributed by atoms with Crippen LogP contribution < -0.4 is 16.3 Å². The third-order valence-electron chi connectivity index (χ3n) is 6.57. The third kappa shape index (κ3) is 4.81. The normalized spacial score (nSPS) is 14.8. The van der Waals surface area contributed by atoms with E-state index in [9.17, 15) is 45.1 Å². The number of nitrogens with one attached hydrogen (secondary N) is 2. The lowest BCUT2D eigenvalue weighted by molar-refractivity contribution is -0.137. The van der Waals surface area contributed by atoms with Crippen molar-refractivity contribution in [3.8, 4) is 0 Å². The summed E-state index contributed by atoms with van der Waals surface area (Å²) < 4.78 is 96.7. The maximum atomic E-state index is 14.2. The van der Waals surface area contributed by atoms with E-state index in [1.165, 1.54) is 6.07 Å². The van der Waals surface area contributed by atoms with Crippen molar-refractivity contribution in [1.82, 2.24) is 14.5 Å². The number of anilines is 1. The van der Waals surface area contributed by atoms with Gasteiger partial charge in [-0.15, -0.1) is 0 Å². The topological polar surface area (TPSA) is 85.1 Å². The molecule has 0 aliphatic carbocycles. The Hall–Kier alpha value is -4.33. The van der Waals surface area contributed by atoms with E-state index in [4.69, 9.17) is 11.6 Å². The molecule has 0 bridgehead atoms. The van der Waals surface area contributed by atoms with E-state index in [2.05, 4.69) is 10.6 Å². The highest BCUT2D eigenvalue weighted by Crippen LogP contribution is 2.43. The van der Waals surface area contributed by atoms with Gasteiger partial charge in [0.05, 0.1) is 34.7 Å². The molecule has 1 unspecified atom stereocenters. The predicted molar refractivity (Wildman–Crippen MR) is 133 cm³/mol. The minimum atomic E-state index is -4.98. The molecule has 0 saturated carbocycles. The molecule has 7 nitrogen and oxygen atoms in total. The molecule has 2 amide bonds. The summed E-state index contributed by atoms with van der Waals surface area (Å²) in [6.07, 6.45) is -4.98. The first kappa shape index (κ1) is 28.2. The molecule has 214 valence electrons. The SMILES string of the molecule is O=C(Nc1cc2c(c3c1C(c1cc(F)ccc1Cl)NC3=O)n(CF)c(=O)n2CCF)c1cc(F)cc(C(F)(F)F)c1. The van der Waals surface area contributed by atoms with Gasteiger partial charge in [-0.25, -0.2) is 22.4 Å². The number of hydrogen-bond donors (Lipinski definition) is 2. The minimum absolute atomic E-state index is 0.00364. The monoisotopic (exact) mass is 600 g/mol. The number of amides is 2. The second-order valence-corrected chi connectivity index (χ2v) is 9.41. The Morgan fingerprint density at radius 1 is 1.00 bits per heavy atom. The fourth-order valence-electron chi connectivity index (χ4n) is 4.86. The van der Waals surface area contributed by atoms with Gasteiger partial charge in [-0.3, -0.25) is 18.7 Å². The summed E-state index contributed by atoms with van der Waals surface area (Å²) in [6, 6.07) is 4.17. The second kappa shape index (κ2) is 10.3. The lowest BCUT2D eigenvalue weighted by Gasteiger charge is -2.19. The lowest BCUT2D eigenvalue weighted by atomic mass is 9.95. The number of benzene rings is 3. The lowest BCUT2D eigenvalue weighted by Crippen LogP contribution is -2.24. The van der Waals surface area contributed by atoms with Gasteiger partial charge in [-0.05, 0) is 42.5 Å². The number of carbonyl (C=O) groups is 2. The van der Waals surface area contributed by atoms with Gasteiger partial charge in [0.1, 0.15) is 18.3 Å². The molecule has 15 heteroatoms. The molecule has 2 N–H and O–H groups in total. The number of rotatable bonds is 6. The highest BCUT2D eigenvalue weighted by molar-refractivity contribution is 6.31. The zero-order valence-electron chi connectivity index (χ0n) is 20.4. The summed E-state index contributed by atoms with van der Waals surface area (Å²) >= 11 is 6.25. The summed E-state index contributed by atoms with van der Waals surface area (Å²) in [5, 5.41) is 4.81. The highest BCUT2D eigenvalue weighted by Gasteiger charge is 2.39. The van der Waals surface area contributed by atoms with Gasteiger partial charge in [-0.1, -0.05) is 11.6 Å². The van der Waals surface area contributed by atoms with Gasteiger partial charge in [0, 0.05) is 27.4 Å². The number of aromatic nitrogens is 2. The largest absolute Gasteiger partial charge is 0.416 e. The van der Waals surface area contributed by atoms with Gasteiger partial charge in [0.15, 0.2) is 6.80 Å². The fraction of sp³-hybridized carbons (Fsp3) is 0.192. The Kier molecular flexibility index (Phi) is 7.05. The number of carbonyl (C=O) groups excluding carboxylic acids is 2. The van der Waals surface area contributed by atoms with Crippen molar-refractivity contribution in [3.05, 3.63) is 97.4 Å². The highest BCUT2D eigenvalue weighted by atomic mass is 35.5. The number of alkyl halides is 5. The molecule has 1 aliphatic heterocycles. The first-order valence-corrected chi connectivity index (χ1v) is 12.1. The van der Waals surface area contributed by atoms with Crippen molar-refractivity contribution in [2.24, 2.45) is 0 Å². The number of halogens is 8.